The molecular formula is C15H23N3. The highest BCUT2D eigenvalue weighted by atomic mass is 14.9. The van der Waals surface area contributed by atoms with Crippen molar-refractivity contribution in [2.24, 2.45) is 0 Å². The molecule has 1 heterocycles. The van der Waals surface area contributed by atoms with Crippen molar-refractivity contribution >= 4 is 11.0 Å². The molecule has 0 amide bonds. The number of hydrogen-bond donors (Lipinski definition) is 2. The van der Waals surface area contributed by atoms with Gasteiger partial charge in [-0.25, -0.2) is 4.98 Å². The average molecular weight is 245 g/mol. The van der Waals surface area contributed by atoms with Crippen molar-refractivity contribution in [2.75, 3.05) is 13.6 Å². The van der Waals surface area contributed by atoms with E-state index in [-0.39, 0.29) is 5.41 Å². The van der Waals surface area contributed by atoms with Crippen LogP contribution >= 0.6 is 0 Å². The third kappa shape index (κ3) is 2.91. The van der Waals surface area contributed by atoms with Crippen LogP contribution in [0.4, 0.5) is 0 Å². The summed E-state index contributed by atoms with van der Waals surface area (Å²) in [7, 11) is 1.99. The summed E-state index contributed by atoms with van der Waals surface area (Å²) in [4.78, 5) is 8.09. The lowest BCUT2D eigenvalue weighted by Gasteiger charge is -2.13. The first kappa shape index (κ1) is 13.1. The van der Waals surface area contributed by atoms with Gasteiger partial charge in [0, 0.05) is 5.41 Å². The van der Waals surface area contributed by atoms with Gasteiger partial charge in [-0.2, -0.15) is 0 Å². The van der Waals surface area contributed by atoms with E-state index in [2.05, 4.69) is 54.3 Å². The molecule has 1 aromatic heterocycles. The zero-order valence-corrected chi connectivity index (χ0v) is 11.8. The van der Waals surface area contributed by atoms with Crippen molar-refractivity contribution in [3.8, 4) is 0 Å². The Balaban J connectivity index is 2.23. The Morgan fingerprint density at radius 3 is 2.72 bits per heavy atom. The SMILES string of the molecule is CNCCCc1ccc2nc(C(C)(C)C)[nH]c2c1. The van der Waals surface area contributed by atoms with Crippen molar-refractivity contribution in [2.45, 2.75) is 39.0 Å². The average Bonchev–Trinajstić information content (AvgIpc) is 2.72. The standard InChI is InChI=1S/C15H23N3/c1-15(2,3)14-17-12-8-7-11(6-5-9-16-4)10-13(12)18-14/h7-8,10,16H,5-6,9H2,1-4H3,(H,17,18). The first-order valence-corrected chi connectivity index (χ1v) is 6.64. The molecule has 0 saturated heterocycles. The lowest BCUT2D eigenvalue weighted by molar-refractivity contribution is 0.554. The van der Waals surface area contributed by atoms with Gasteiger partial charge in [0.05, 0.1) is 11.0 Å². The van der Waals surface area contributed by atoms with E-state index in [0.717, 1.165) is 29.8 Å². The number of hydrogen-bond acceptors (Lipinski definition) is 2. The number of aromatic amines is 1. The predicted octanol–water partition coefficient (Wildman–Crippen LogP) is 3.01. The molecule has 0 aliphatic heterocycles. The Hall–Kier alpha value is -1.35. The highest BCUT2D eigenvalue weighted by Crippen LogP contribution is 2.23. The molecule has 98 valence electrons. The largest absolute Gasteiger partial charge is 0.342 e. The number of fused-ring (bicyclic) bond motifs is 1. The number of nitrogens with one attached hydrogen (secondary N) is 2. The molecule has 0 atom stereocenters. The van der Waals surface area contributed by atoms with Crippen LogP contribution in [0, 0.1) is 0 Å². The maximum absolute atomic E-state index is 4.65. The number of aromatic nitrogens is 2. The van der Waals surface area contributed by atoms with E-state index < -0.39 is 0 Å². The van der Waals surface area contributed by atoms with Gasteiger partial charge in [-0.1, -0.05) is 26.8 Å². The third-order valence-electron chi connectivity index (χ3n) is 3.15. The number of imidazole rings is 1. The maximum Gasteiger partial charge on any atom is 0.112 e. The topological polar surface area (TPSA) is 40.7 Å². The molecule has 1 aromatic carbocycles. The zero-order valence-electron chi connectivity index (χ0n) is 11.8. The van der Waals surface area contributed by atoms with Crippen molar-refractivity contribution < 1.29 is 0 Å². The first-order valence-electron chi connectivity index (χ1n) is 6.64. The molecule has 0 saturated carbocycles. The number of H-pyrrole nitrogens is 1. The lowest BCUT2D eigenvalue weighted by Crippen LogP contribution is -2.12. The molecule has 0 bridgehead atoms. The molecule has 0 fully saturated rings. The van der Waals surface area contributed by atoms with Gasteiger partial charge in [-0.3, -0.25) is 0 Å². The second-order valence-electron chi connectivity index (χ2n) is 5.89. The second kappa shape index (κ2) is 5.11. The Morgan fingerprint density at radius 2 is 2.06 bits per heavy atom. The van der Waals surface area contributed by atoms with Gasteiger partial charge >= 0.3 is 0 Å². The normalized spacial score (nSPS) is 12.2. The van der Waals surface area contributed by atoms with Crippen LogP contribution in [0.5, 0.6) is 0 Å². The van der Waals surface area contributed by atoms with E-state index in [9.17, 15) is 0 Å². The number of rotatable bonds is 4. The minimum absolute atomic E-state index is 0.0747. The summed E-state index contributed by atoms with van der Waals surface area (Å²) >= 11 is 0. The Kier molecular flexibility index (Phi) is 3.71. The van der Waals surface area contributed by atoms with E-state index in [0.29, 0.717) is 0 Å². The van der Waals surface area contributed by atoms with Crippen LogP contribution in [0.1, 0.15) is 38.6 Å². The van der Waals surface area contributed by atoms with Gasteiger partial charge in [0.25, 0.3) is 0 Å². The second-order valence-corrected chi connectivity index (χ2v) is 5.89. The van der Waals surface area contributed by atoms with Gasteiger partial charge < -0.3 is 10.3 Å². The smallest absolute Gasteiger partial charge is 0.112 e. The summed E-state index contributed by atoms with van der Waals surface area (Å²) in [5.74, 6) is 1.06. The molecule has 3 heteroatoms. The number of nitrogens with zero attached hydrogens (tertiary/aromatic N) is 1. The minimum Gasteiger partial charge on any atom is -0.342 e. The van der Waals surface area contributed by atoms with Crippen LogP contribution < -0.4 is 5.32 Å². The first-order chi connectivity index (χ1) is 8.50. The molecule has 2 rings (SSSR count). The maximum atomic E-state index is 4.65. The van der Waals surface area contributed by atoms with Gasteiger partial charge in [0.1, 0.15) is 5.82 Å². The van der Waals surface area contributed by atoms with E-state index in [4.69, 9.17) is 0 Å². The molecule has 2 N–H and O–H groups in total. The van der Waals surface area contributed by atoms with Gasteiger partial charge in [-0.05, 0) is 44.1 Å². The molecule has 0 unspecified atom stereocenters. The molecule has 0 aliphatic carbocycles. The minimum atomic E-state index is 0.0747. The number of aryl methyl sites for hydroxylation is 1. The van der Waals surface area contributed by atoms with E-state index in [1.54, 1.807) is 0 Å². The third-order valence-corrected chi connectivity index (χ3v) is 3.15. The van der Waals surface area contributed by atoms with E-state index >= 15 is 0 Å². The van der Waals surface area contributed by atoms with Crippen LogP contribution in [-0.4, -0.2) is 23.6 Å². The molecular weight excluding hydrogens is 222 g/mol. The molecule has 0 aliphatic rings. The van der Waals surface area contributed by atoms with Gasteiger partial charge in [0.2, 0.25) is 0 Å². The fourth-order valence-corrected chi connectivity index (χ4v) is 2.04. The van der Waals surface area contributed by atoms with Crippen molar-refractivity contribution in [1.29, 1.82) is 0 Å². The van der Waals surface area contributed by atoms with E-state index in [1.165, 1.54) is 12.0 Å². The van der Waals surface area contributed by atoms with Crippen molar-refractivity contribution in [3.63, 3.8) is 0 Å². The Bertz CT molecular complexity index is 520. The number of benzene rings is 1. The summed E-state index contributed by atoms with van der Waals surface area (Å²) in [5, 5.41) is 3.18. The monoisotopic (exact) mass is 245 g/mol. The quantitative estimate of drug-likeness (QED) is 0.813. The van der Waals surface area contributed by atoms with Gasteiger partial charge in [-0.15, -0.1) is 0 Å². The van der Waals surface area contributed by atoms with Crippen LogP contribution in [0.15, 0.2) is 18.2 Å². The highest BCUT2D eigenvalue weighted by Gasteiger charge is 2.18. The molecule has 3 nitrogen and oxygen atoms in total. The zero-order chi connectivity index (χ0) is 13.2. The lowest BCUT2D eigenvalue weighted by atomic mass is 9.96. The highest BCUT2D eigenvalue weighted by molar-refractivity contribution is 5.76. The Morgan fingerprint density at radius 1 is 1.28 bits per heavy atom. The van der Waals surface area contributed by atoms with Crippen molar-refractivity contribution in [1.82, 2.24) is 15.3 Å². The van der Waals surface area contributed by atoms with Gasteiger partial charge in [0.15, 0.2) is 0 Å². The molecule has 0 spiro atoms. The van der Waals surface area contributed by atoms with Crippen molar-refractivity contribution in [3.05, 3.63) is 29.6 Å². The Labute approximate surface area is 109 Å². The van der Waals surface area contributed by atoms with Crippen LogP contribution in [-0.2, 0) is 11.8 Å². The summed E-state index contributed by atoms with van der Waals surface area (Å²) < 4.78 is 0. The summed E-state index contributed by atoms with van der Waals surface area (Å²) in [6.07, 6.45) is 2.28. The molecule has 2 aromatic rings. The van der Waals surface area contributed by atoms with Crippen LogP contribution in [0.3, 0.4) is 0 Å². The summed E-state index contributed by atoms with van der Waals surface area (Å²) in [6, 6.07) is 6.54. The van der Waals surface area contributed by atoms with Crippen LogP contribution in [0.25, 0.3) is 11.0 Å². The fourth-order valence-electron chi connectivity index (χ4n) is 2.04. The molecule has 18 heavy (non-hydrogen) atoms. The summed E-state index contributed by atoms with van der Waals surface area (Å²) in [5.41, 5.74) is 3.67. The molecule has 0 radical (unpaired) electrons. The predicted molar refractivity (Wildman–Crippen MR) is 77.0 cm³/mol. The summed E-state index contributed by atoms with van der Waals surface area (Å²) in [6.45, 7) is 7.60. The fraction of sp³-hybridized carbons (Fsp3) is 0.533. The van der Waals surface area contributed by atoms with Crippen LogP contribution in [0.2, 0.25) is 0 Å². The van der Waals surface area contributed by atoms with E-state index in [1.807, 2.05) is 7.05 Å².